The molecule has 2 aromatic rings. The van der Waals surface area contributed by atoms with Gasteiger partial charge in [-0.15, -0.1) is 12.6 Å². The van der Waals surface area contributed by atoms with Crippen molar-refractivity contribution in [3.63, 3.8) is 0 Å². The Morgan fingerprint density at radius 2 is 1.85 bits per heavy atom. The Kier molecular flexibility index (Phi) is 12.7. The summed E-state index contributed by atoms with van der Waals surface area (Å²) >= 11 is 11.1. The number of rotatable bonds is 9. The van der Waals surface area contributed by atoms with E-state index in [0.29, 0.717) is 28.7 Å². The zero-order valence-electron chi connectivity index (χ0n) is 31.1. The van der Waals surface area contributed by atoms with Crippen LogP contribution in [0.2, 0.25) is 5.02 Å². The Bertz CT molecular complexity index is 1930. The third kappa shape index (κ3) is 8.81. The van der Waals surface area contributed by atoms with Gasteiger partial charge < -0.3 is 10.2 Å². The number of amides is 3. The summed E-state index contributed by atoms with van der Waals surface area (Å²) in [6.45, 7) is 7.30. The van der Waals surface area contributed by atoms with E-state index >= 15 is 0 Å². The first-order valence-corrected chi connectivity index (χ1v) is 19.6. The first-order valence-electron chi connectivity index (χ1n) is 18.8. The Balaban J connectivity index is 1.04. The van der Waals surface area contributed by atoms with E-state index in [-0.39, 0.29) is 66.3 Å². The van der Waals surface area contributed by atoms with Gasteiger partial charge in [0.15, 0.2) is 0 Å². The topological polar surface area (TPSA) is 154 Å². The Morgan fingerprint density at radius 3 is 2.56 bits per heavy atom. The Hall–Kier alpha value is -4.28. The molecule has 0 bridgehead atoms. The van der Waals surface area contributed by atoms with E-state index < -0.39 is 6.04 Å². The van der Waals surface area contributed by atoms with E-state index in [1.165, 1.54) is 0 Å². The molecule has 4 aliphatic rings. The molecule has 3 amide bonds. The first kappa shape index (κ1) is 39.4. The molecule has 1 aromatic heterocycles. The highest BCUT2D eigenvalue weighted by Crippen LogP contribution is 2.39. The van der Waals surface area contributed by atoms with Crippen LogP contribution in [0.4, 0.5) is 0 Å². The number of nitrogens with zero attached hydrogens (tertiary/aromatic N) is 3. The summed E-state index contributed by atoms with van der Waals surface area (Å²) in [6.07, 6.45) is 8.34. The van der Waals surface area contributed by atoms with Gasteiger partial charge in [0.1, 0.15) is 23.4 Å². The van der Waals surface area contributed by atoms with Crippen LogP contribution in [0.15, 0.2) is 64.3 Å². The number of benzene rings is 1. The van der Waals surface area contributed by atoms with Crippen molar-refractivity contribution in [1.82, 2.24) is 30.7 Å². The van der Waals surface area contributed by atoms with Crippen LogP contribution in [0, 0.1) is 34.5 Å². The van der Waals surface area contributed by atoms with Gasteiger partial charge in [0.25, 0.3) is 0 Å². The molecule has 5 N–H and O–H groups in total. The number of aryl methyl sites for hydroxylation is 1. The lowest BCUT2D eigenvalue weighted by Gasteiger charge is -2.33. The number of allylic oxidation sites excluding steroid dienone is 1. The van der Waals surface area contributed by atoms with Crippen LogP contribution >= 0.6 is 24.2 Å². The molecule has 4 heterocycles. The molecule has 2 saturated heterocycles. The number of nitrogens with one attached hydrogen (secondary N) is 5. The number of hydrogen-bond acceptors (Lipinski definition) is 9. The number of amidine groups is 2. The molecular weight excluding hydrogens is 720 g/mol. The highest BCUT2D eigenvalue weighted by molar-refractivity contribution is 7.84. The minimum atomic E-state index is -0.533. The summed E-state index contributed by atoms with van der Waals surface area (Å²) in [5, 5.41) is 27.7. The molecular formula is C41H49ClN8O3S. The average molecular weight is 769 g/mol. The predicted octanol–water partition coefficient (Wildman–Crippen LogP) is 5.53. The molecule has 1 aromatic carbocycles. The second-order valence-electron chi connectivity index (χ2n) is 14.7. The van der Waals surface area contributed by atoms with Crippen molar-refractivity contribution in [1.29, 1.82) is 10.8 Å². The number of hydrogen-bond donors (Lipinski definition) is 6. The van der Waals surface area contributed by atoms with Crippen LogP contribution in [0.1, 0.15) is 88.6 Å². The highest BCUT2D eigenvalue weighted by atomic mass is 35.5. The summed E-state index contributed by atoms with van der Waals surface area (Å²) < 4.78 is 0. The molecule has 5 atom stereocenters. The molecule has 54 heavy (non-hydrogen) atoms. The van der Waals surface area contributed by atoms with Crippen LogP contribution in [0.5, 0.6) is 0 Å². The largest absolute Gasteiger partial charge is 0.330 e. The minimum Gasteiger partial charge on any atom is -0.330 e. The second kappa shape index (κ2) is 17.5. The standard InChI is InChI=1S/C41H49ClN8O3S/c1-24(25(2)37-38(28-12-14-29(42)15-13-28)47-22-35(44)50(26(3)43)41(37)54)10-16-30-17-11-27(21-46-30)7-4-5-20-45-33-9-6-8-31-32(33)23-49(40(31)53)34-18-19-36(51)48-39(34)52/h11-15,17,21,31-34,38,43-45,47,54H,4-9,18-20,22-23H2,1-3H3,(H,48,51,52)/b25-24+,43-26?,44-35?/t31-,32?,33?,34?,38+/m1/s1. The Morgan fingerprint density at radius 1 is 1.07 bits per heavy atom. The smallest absolute Gasteiger partial charge is 0.249 e. The Labute approximate surface area is 328 Å². The van der Waals surface area contributed by atoms with Crippen LogP contribution in [-0.4, -0.2) is 75.9 Å². The summed E-state index contributed by atoms with van der Waals surface area (Å²) in [5.41, 5.74) is 5.37. The van der Waals surface area contributed by atoms with Gasteiger partial charge in [-0.25, -0.2) is 4.98 Å². The van der Waals surface area contributed by atoms with Gasteiger partial charge >= 0.3 is 0 Å². The number of aromatic nitrogens is 1. The number of halogens is 1. The van der Waals surface area contributed by atoms with Gasteiger partial charge in [0, 0.05) is 53.2 Å². The zero-order chi connectivity index (χ0) is 38.5. The highest BCUT2D eigenvalue weighted by Gasteiger charge is 2.49. The van der Waals surface area contributed by atoms with Gasteiger partial charge in [0.2, 0.25) is 17.7 Å². The molecule has 6 rings (SSSR count). The molecule has 3 aliphatic heterocycles. The van der Waals surface area contributed by atoms with Crippen molar-refractivity contribution >= 4 is 53.6 Å². The summed E-state index contributed by atoms with van der Waals surface area (Å²) in [5.74, 6) is 6.56. The second-order valence-corrected chi connectivity index (χ2v) is 15.6. The van der Waals surface area contributed by atoms with E-state index in [1.807, 2.05) is 50.4 Å². The van der Waals surface area contributed by atoms with E-state index in [1.54, 1.807) is 16.7 Å². The third-order valence-electron chi connectivity index (χ3n) is 11.1. The third-order valence-corrected chi connectivity index (χ3v) is 11.8. The number of likely N-dealkylation sites (tertiary alicyclic amines) is 1. The van der Waals surface area contributed by atoms with Crippen LogP contribution in [0.3, 0.4) is 0 Å². The monoisotopic (exact) mass is 768 g/mol. The zero-order valence-corrected chi connectivity index (χ0v) is 32.7. The fourth-order valence-corrected chi connectivity index (χ4v) is 8.85. The number of piperidine rings is 1. The SMILES string of the molecule is CC(=N)N1C(=N)CN[C@@H](c2ccc(Cl)cc2)C(/C(C)=C(\C)C#Cc2ccc(CCCCNC3CCC[C@H]4C(=O)N(C5CCC(=O)NC5=O)CC34)cn2)=C1S. The average Bonchev–Trinajstić information content (AvgIpc) is 3.41. The number of imide groups is 1. The molecule has 0 radical (unpaired) electrons. The van der Waals surface area contributed by atoms with E-state index in [0.717, 1.165) is 72.9 Å². The number of unbranched alkanes of at least 4 members (excludes halogenated alkanes) is 1. The lowest BCUT2D eigenvalue weighted by Crippen LogP contribution is -2.53. The number of carbonyl (C=O) groups excluding carboxylic acids is 3. The summed E-state index contributed by atoms with van der Waals surface area (Å²) in [4.78, 5) is 45.3. The molecule has 3 fully saturated rings. The fraction of sp³-hybridized carbons (Fsp3) is 0.463. The van der Waals surface area contributed by atoms with E-state index in [4.69, 9.17) is 35.0 Å². The lowest BCUT2D eigenvalue weighted by atomic mass is 9.77. The van der Waals surface area contributed by atoms with Crippen molar-refractivity contribution < 1.29 is 14.4 Å². The predicted molar refractivity (Wildman–Crippen MR) is 214 cm³/mol. The van der Waals surface area contributed by atoms with Crippen LogP contribution in [-0.2, 0) is 20.8 Å². The lowest BCUT2D eigenvalue weighted by molar-refractivity contribution is -0.144. The van der Waals surface area contributed by atoms with Crippen LogP contribution < -0.4 is 16.0 Å². The number of carbonyl (C=O) groups is 3. The maximum absolute atomic E-state index is 13.3. The molecule has 13 heteroatoms. The normalized spacial score (nSPS) is 25.1. The fourth-order valence-electron chi connectivity index (χ4n) is 8.16. The van der Waals surface area contributed by atoms with Gasteiger partial charge in [-0.05, 0) is 107 Å². The van der Waals surface area contributed by atoms with Gasteiger partial charge in [0.05, 0.1) is 17.6 Å². The number of fused-ring (bicyclic) bond motifs is 1. The number of thiol groups is 1. The number of pyridine rings is 1. The molecule has 1 saturated carbocycles. The van der Waals surface area contributed by atoms with E-state index in [9.17, 15) is 14.4 Å². The summed E-state index contributed by atoms with van der Waals surface area (Å²) in [7, 11) is 0. The molecule has 0 spiro atoms. The quantitative estimate of drug-likeness (QED) is 0.0490. The molecule has 284 valence electrons. The van der Waals surface area contributed by atoms with Gasteiger partial charge in [-0.2, -0.15) is 0 Å². The first-order chi connectivity index (χ1) is 25.9. The molecule has 1 aliphatic carbocycles. The van der Waals surface area contributed by atoms with Gasteiger partial charge in [-0.1, -0.05) is 42.1 Å². The maximum atomic E-state index is 13.3. The minimum absolute atomic E-state index is 0.0484. The van der Waals surface area contributed by atoms with Crippen molar-refractivity contribution in [2.45, 2.75) is 90.3 Å². The van der Waals surface area contributed by atoms with Gasteiger partial charge in [-0.3, -0.25) is 40.7 Å². The maximum Gasteiger partial charge on any atom is 0.249 e. The summed E-state index contributed by atoms with van der Waals surface area (Å²) in [6, 6.07) is 11.1. The van der Waals surface area contributed by atoms with Crippen molar-refractivity contribution in [3.8, 4) is 11.8 Å². The van der Waals surface area contributed by atoms with E-state index in [2.05, 4.69) is 38.8 Å². The van der Waals surface area contributed by atoms with Crippen LogP contribution in [0.25, 0.3) is 0 Å². The molecule has 11 nitrogen and oxygen atoms in total. The molecule has 3 unspecified atom stereocenters. The van der Waals surface area contributed by atoms with Crippen molar-refractivity contribution in [3.05, 3.63) is 86.2 Å². The van der Waals surface area contributed by atoms with Crippen molar-refractivity contribution in [2.24, 2.45) is 11.8 Å². The van der Waals surface area contributed by atoms with Crippen molar-refractivity contribution in [2.75, 3.05) is 19.6 Å².